The summed E-state index contributed by atoms with van der Waals surface area (Å²) >= 11 is 0. The van der Waals surface area contributed by atoms with E-state index in [-0.39, 0.29) is 12.1 Å². The summed E-state index contributed by atoms with van der Waals surface area (Å²) in [4.78, 5) is 15.1. The standard InChI is InChI=1S/C22H28N2O/c1-15-12-16(2)21(17(3)13-15)23-22(25)24(18(4)20-10-11-20)14-19-8-6-5-7-9-19/h5-9,12-13,18,20H,10-11,14H2,1-4H3,(H,23,25). The molecule has 2 aromatic rings. The largest absolute Gasteiger partial charge is 0.322 e. The molecule has 1 atom stereocenters. The maximum absolute atomic E-state index is 13.1. The number of anilines is 1. The Balaban J connectivity index is 1.81. The molecule has 1 fully saturated rings. The summed E-state index contributed by atoms with van der Waals surface area (Å²) < 4.78 is 0. The van der Waals surface area contributed by atoms with E-state index in [1.165, 1.54) is 24.0 Å². The zero-order valence-corrected chi connectivity index (χ0v) is 15.7. The Morgan fingerprint density at radius 2 is 1.72 bits per heavy atom. The highest BCUT2D eigenvalue weighted by Gasteiger charge is 2.34. The van der Waals surface area contributed by atoms with Crippen molar-refractivity contribution in [3.63, 3.8) is 0 Å². The topological polar surface area (TPSA) is 32.3 Å². The summed E-state index contributed by atoms with van der Waals surface area (Å²) in [5.41, 5.74) is 5.56. The number of amides is 2. The minimum absolute atomic E-state index is 0.00157. The zero-order chi connectivity index (χ0) is 18.0. The summed E-state index contributed by atoms with van der Waals surface area (Å²) in [5, 5.41) is 3.18. The first-order chi connectivity index (χ1) is 12.0. The second kappa shape index (κ2) is 7.30. The minimum atomic E-state index is -0.00157. The Bertz CT molecular complexity index is 727. The minimum Gasteiger partial charge on any atom is -0.317 e. The molecule has 0 bridgehead atoms. The third-order valence-corrected chi connectivity index (χ3v) is 5.16. The number of benzene rings is 2. The van der Waals surface area contributed by atoms with Gasteiger partial charge in [-0.3, -0.25) is 0 Å². The molecule has 2 aromatic carbocycles. The SMILES string of the molecule is Cc1cc(C)c(NC(=O)N(Cc2ccccc2)C(C)C2CC2)c(C)c1. The third-order valence-electron chi connectivity index (χ3n) is 5.16. The van der Waals surface area contributed by atoms with Crippen molar-refractivity contribution in [1.82, 2.24) is 4.90 Å². The first kappa shape index (κ1) is 17.5. The van der Waals surface area contributed by atoms with Gasteiger partial charge < -0.3 is 10.2 Å². The Morgan fingerprint density at radius 1 is 1.12 bits per heavy atom. The van der Waals surface area contributed by atoms with Gasteiger partial charge in [-0.05, 0) is 63.1 Å². The van der Waals surface area contributed by atoms with Crippen LogP contribution < -0.4 is 5.32 Å². The first-order valence-corrected chi connectivity index (χ1v) is 9.15. The van der Waals surface area contributed by atoms with Crippen molar-refractivity contribution in [3.8, 4) is 0 Å². The molecule has 1 saturated carbocycles. The number of rotatable bonds is 5. The molecule has 1 N–H and O–H groups in total. The number of hydrogen-bond acceptors (Lipinski definition) is 1. The molecule has 25 heavy (non-hydrogen) atoms. The average Bonchev–Trinajstić information content (AvgIpc) is 3.41. The normalized spacial score (nSPS) is 14.9. The average molecular weight is 336 g/mol. The number of carbonyl (C=O) groups is 1. The molecule has 132 valence electrons. The quantitative estimate of drug-likeness (QED) is 0.774. The van der Waals surface area contributed by atoms with Crippen LogP contribution in [-0.2, 0) is 6.54 Å². The lowest BCUT2D eigenvalue weighted by atomic mass is 10.1. The lowest BCUT2D eigenvalue weighted by Gasteiger charge is -2.30. The van der Waals surface area contributed by atoms with Crippen LogP contribution in [0.5, 0.6) is 0 Å². The fraction of sp³-hybridized carbons (Fsp3) is 0.409. The Labute approximate surface area is 151 Å². The molecule has 1 aliphatic carbocycles. The van der Waals surface area contributed by atoms with Crippen molar-refractivity contribution in [2.75, 3.05) is 5.32 Å². The van der Waals surface area contributed by atoms with Gasteiger partial charge in [-0.1, -0.05) is 48.0 Å². The van der Waals surface area contributed by atoms with E-state index in [4.69, 9.17) is 0 Å². The number of urea groups is 1. The summed E-state index contributed by atoms with van der Waals surface area (Å²) in [6, 6.07) is 14.7. The lowest BCUT2D eigenvalue weighted by molar-refractivity contribution is 0.180. The van der Waals surface area contributed by atoms with Crippen LogP contribution in [0, 0.1) is 26.7 Å². The van der Waals surface area contributed by atoms with E-state index >= 15 is 0 Å². The van der Waals surface area contributed by atoms with Gasteiger partial charge in [0.25, 0.3) is 0 Å². The Hall–Kier alpha value is -2.29. The van der Waals surface area contributed by atoms with Gasteiger partial charge in [-0.25, -0.2) is 4.79 Å². The van der Waals surface area contributed by atoms with Crippen LogP contribution in [0.4, 0.5) is 10.5 Å². The highest BCUT2D eigenvalue weighted by molar-refractivity contribution is 5.91. The number of carbonyl (C=O) groups excluding carboxylic acids is 1. The molecule has 0 aromatic heterocycles. The van der Waals surface area contributed by atoms with Gasteiger partial charge >= 0.3 is 6.03 Å². The second-order valence-corrected chi connectivity index (χ2v) is 7.40. The molecule has 0 saturated heterocycles. The monoisotopic (exact) mass is 336 g/mol. The van der Waals surface area contributed by atoms with Crippen molar-refractivity contribution in [2.24, 2.45) is 5.92 Å². The number of hydrogen-bond donors (Lipinski definition) is 1. The number of nitrogens with zero attached hydrogens (tertiary/aromatic N) is 1. The van der Waals surface area contributed by atoms with Gasteiger partial charge in [0, 0.05) is 18.3 Å². The van der Waals surface area contributed by atoms with E-state index < -0.39 is 0 Å². The van der Waals surface area contributed by atoms with E-state index in [2.05, 4.69) is 57.3 Å². The Kier molecular flexibility index (Phi) is 5.12. The first-order valence-electron chi connectivity index (χ1n) is 9.15. The molecule has 3 nitrogen and oxygen atoms in total. The molecule has 3 heteroatoms. The van der Waals surface area contributed by atoms with Crippen molar-refractivity contribution < 1.29 is 4.79 Å². The highest BCUT2D eigenvalue weighted by atomic mass is 16.2. The number of aryl methyl sites for hydroxylation is 3. The van der Waals surface area contributed by atoms with Gasteiger partial charge in [-0.2, -0.15) is 0 Å². The summed E-state index contributed by atoms with van der Waals surface area (Å²) in [5.74, 6) is 0.634. The van der Waals surface area contributed by atoms with Crippen LogP contribution in [0.3, 0.4) is 0 Å². The van der Waals surface area contributed by atoms with Gasteiger partial charge in [-0.15, -0.1) is 0 Å². The molecule has 1 aliphatic rings. The molecule has 3 rings (SSSR count). The van der Waals surface area contributed by atoms with Crippen LogP contribution in [-0.4, -0.2) is 17.0 Å². The maximum Gasteiger partial charge on any atom is 0.322 e. The third kappa shape index (κ3) is 4.22. The fourth-order valence-electron chi connectivity index (χ4n) is 3.57. The van der Waals surface area contributed by atoms with Gasteiger partial charge in [0.05, 0.1) is 0 Å². The van der Waals surface area contributed by atoms with Crippen LogP contribution in [0.1, 0.15) is 42.0 Å². The van der Waals surface area contributed by atoms with E-state index in [9.17, 15) is 4.79 Å². The maximum atomic E-state index is 13.1. The molecule has 0 aliphatic heterocycles. The zero-order valence-electron chi connectivity index (χ0n) is 15.7. The van der Waals surface area contributed by atoms with Crippen molar-refractivity contribution in [2.45, 2.75) is 53.1 Å². The van der Waals surface area contributed by atoms with Crippen molar-refractivity contribution in [3.05, 3.63) is 64.7 Å². The van der Waals surface area contributed by atoms with Gasteiger partial charge in [0.15, 0.2) is 0 Å². The van der Waals surface area contributed by atoms with E-state index in [0.717, 1.165) is 16.8 Å². The summed E-state index contributed by atoms with van der Waals surface area (Å²) in [6.45, 7) is 9.02. The van der Waals surface area contributed by atoms with Crippen LogP contribution in [0.15, 0.2) is 42.5 Å². The van der Waals surface area contributed by atoms with Crippen molar-refractivity contribution in [1.29, 1.82) is 0 Å². The second-order valence-electron chi connectivity index (χ2n) is 7.40. The smallest absolute Gasteiger partial charge is 0.317 e. The highest BCUT2D eigenvalue weighted by Crippen LogP contribution is 2.36. The molecule has 2 amide bonds. The van der Waals surface area contributed by atoms with E-state index in [0.29, 0.717) is 12.5 Å². The van der Waals surface area contributed by atoms with Crippen LogP contribution in [0.25, 0.3) is 0 Å². The Morgan fingerprint density at radius 3 is 2.28 bits per heavy atom. The fourth-order valence-corrected chi connectivity index (χ4v) is 3.57. The molecule has 1 unspecified atom stereocenters. The number of nitrogens with one attached hydrogen (secondary N) is 1. The summed E-state index contributed by atoms with van der Waals surface area (Å²) in [6.07, 6.45) is 2.45. The predicted octanol–water partition coefficient (Wildman–Crippen LogP) is 5.44. The molecule has 0 radical (unpaired) electrons. The van der Waals surface area contributed by atoms with Crippen LogP contribution in [0.2, 0.25) is 0 Å². The van der Waals surface area contributed by atoms with Gasteiger partial charge in [0.2, 0.25) is 0 Å². The van der Waals surface area contributed by atoms with Crippen molar-refractivity contribution >= 4 is 11.7 Å². The molecular formula is C22H28N2O. The summed E-state index contributed by atoms with van der Waals surface area (Å²) in [7, 11) is 0. The molecule has 0 spiro atoms. The van der Waals surface area contributed by atoms with Gasteiger partial charge in [0.1, 0.15) is 0 Å². The lowest BCUT2D eigenvalue weighted by Crippen LogP contribution is -2.42. The molecule has 0 heterocycles. The van der Waals surface area contributed by atoms with Crippen LogP contribution >= 0.6 is 0 Å². The van der Waals surface area contributed by atoms with E-state index in [1.54, 1.807) is 0 Å². The van der Waals surface area contributed by atoms with E-state index in [1.807, 2.05) is 23.1 Å². The molecular weight excluding hydrogens is 308 g/mol. The predicted molar refractivity (Wildman–Crippen MR) is 104 cm³/mol.